The van der Waals surface area contributed by atoms with Crippen LogP contribution in [0.15, 0.2) is 0 Å². The maximum Gasteiger partial charge on any atom is 0.317 e. The van der Waals surface area contributed by atoms with Crippen molar-refractivity contribution in [3.8, 4) is 0 Å². The molecule has 4 nitrogen and oxygen atoms in total. The zero-order chi connectivity index (χ0) is 13.4. The fraction of sp³-hybridized carbons (Fsp3) is 0.929. The van der Waals surface area contributed by atoms with Crippen molar-refractivity contribution in [2.45, 2.75) is 52.5 Å². The molecule has 18 heavy (non-hydrogen) atoms. The van der Waals surface area contributed by atoms with Gasteiger partial charge in [-0.05, 0) is 32.9 Å². The average Bonchev–Trinajstić information content (AvgIpc) is 2.64. The highest BCUT2D eigenvalue weighted by Crippen LogP contribution is 2.09. The van der Waals surface area contributed by atoms with Gasteiger partial charge in [0.05, 0.1) is 0 Å². The van der Waals surface area contributed by atoms with Crippen LogP contribution in [-0.4, -0.2) is 54.6 Å². The molecule has 4 heteroatoms. The molecule has 1 rings (SSSR count). The largest absolute Gasteiger partial charge is 0.334 e. The number of likely N-dealkylation sites (tertiary alicyclic amines) is 1. The molecule has 0 aromatic carbocycles. The number of likely N-dealkylation sites (N-methyl/N-ethyl adjacent to an activating group) is 1. The summed E-state index contributed by atoms with van der Waals surface area (Å²) in [7, 11) is 0. The van der Waals surface area contributed by atoms with Crippen LogP contribution in [0, 0.1) is 0 Å². The second-order valence-corrected chi connectivity index (χ2v) is 5.24. The Kier molecular flexibility index (Phi) is 7.09. The first kappa shape index (κ1) is 15.3. The maximum atomic E-state index is 12.1. The van der Waals surface area contributed by atoms with Gasteiger partial charge in [-0.15, -0.1) is 0 Å². The molecule has 0 aromatic heterocycles. The highest BCUT2D eigenvalue weighted by Gasteiger charge is 2.17. The normalized spacial score (nSPS) is 18.6. The number of hydrogen-bond acceptors (Lipinski definition) is 2. The van der Waals surface area contributed by atoms with Crippen LogP contribution in [0.2, 0.25) is 0 Å². The van der Waals surface area contributed by atoms with Crippen molar-refractivity contribution in [2.24, 2.45) is 0 Å². The summed E-state index contributed by atoms with van der Waals surface area (Å²) in [5.41, 5.74) is 0. The summed E-state index contributed by atoms with van der Waals surface area (Å²) in [6.07, 6.45) is 4.83. The third-order valence-corrected chi connectivity index (χ3v) is 3.69. The summed E-state index contributed by atoms with van der Waals surface area (Å²) in [5.74, 6) is 0. The molecule has 1 unspecified atom stereocenters. The predicted molar refractivity (Wildman–Crippen MR) is 75.8 cm³/mol. The molecular weight excluding hydrogens is 226 g/mol. The number of carbonyl (C=O) groups excluding carboxylic acids is 1. The summed E-state index contributed by atoms with van der Waals surface area (Å²) in [6, 6.07) is 0.345. The quantitative estimate of drug-likeness (QED) is 0.818. The minimum atomic E-state index is 0.122. The summed E-state index contributed by atoms with van der Waals surface area (Å²) >= 11 is 0. The van der Waals surface area contributed by atoms with Gasteiger partial charge in [-0.25, -0.2) is 4.79 Å². The van der Waals surface area contributed by atoms with Gasteiger partial charge in [0.15, 0.2) is 0 Å². The van der Waals surface area contributed by atoms with Crippen molar-refractivity contribution in [1.29, 1.82) is 0 Å². The van der Waals surface area contributed by atoms with Gasteiger partial charge < -0.3 is 15.1 Å². The predicted octanol–water partition coefficient (Wildman–Crippen LogP) is 2.30. The summed E-state index contributed by atoms with van der Waals surface area (Å²) in [4.78, 5) is 16.4. The van der Waals surface area contributed by atoms with Crippen molar-refractivity contribution < 1.29 is 4.79 Å². The number of urea groups is 1. The van der Waals surface area contributed by atoms with E-state index < -0.39 is 0 Å². The highest BCUT2D eigenvalue weighted by atomic mass is 16.2. The van der Waals surface area contributed by atoms with E-state index in [1.807, 2.05) is 4.90 Å². The first-order chi connectivity index (χ1) is 8.67. The standard InChI is InChI=1S/C14H29N3O/c1-4-16(5-2)12-13(3)15-14(18)17-10-8-6-7-9-11-17/h13H,4-12H2,1-3H3,(H,15,18). The van der Waals surface area contributed by atoms with Gasteiger partial charge in [-0.2, -0.15) is 0 Å². The SMILES string of the molecule is CCN(CC)CC(C)NC(=O)N1CCCCCC1. The van der Waals surface area contributed by atoms with E-state index in [4.69, 9.17) is 0 Å². The van der Waals surface area contributed by atoms with E-state index in [0.29, 0.717) is 0 Å². The molecule has 1 aliphatic rings. The van der Waals surface area contributed by atoms with Crippen LogP contribution in [0.4, 0.5) is 4.79 Å². The van der Waals surface area contributed by atoms with Gasteiger partial charge in [-0.1, -0.05) is 26.7 Å². The first-order valence-corrected chi connectivity index (χ1v) is 7.45. The van der Waals surface area contributed by atoms with Crippen LogP contribution in [0.1, 0.15) is 46.5 Å². The van der Waals surface area contributed by atoms with E-state index in [9.17, 15) is 4.79 Å². The highest BCUT2D eigenvalue weighted by molar-refractivity contribution is 5.74. The van der Waals surface area contributed by atoms with Gasteiger partial charge in [-0.3, -0.25) is 0 Å². The molecule has 0 saturated carbocycles. The average molecular weight is 255 g/mol. The molecule has 1 atom stereocenters. The lowest BCUT2D eigenvalue weighted by Gasteiger charge is -2.27. The number of amides is 2. The maximum absolute atomic E-state index is 12.1. The number of nitrogens with zero attached hydrogens (tertiary/aromatic N) is 2. The first-order valence-electron chi connectivity index (χ1n) is 7.45. The fourth-order valence-electron chi connectivity index (χ4n) is 2.49. The lowest BCUT2D eigenvalue weighted by Crippen LogP contribution is -2.48. The Bertz CT molecular complexity index is 233. The number of carbonyl (C=O) groups is 1. The van der Waals surface area contributed by atoms with Gasteiger partial charge in [0.2, 0.25) is 0 Å². The lowest BCUT2D eigenvalue weighted by molar-refractivity contribution is 0.190. The Morgan fingerprint density at radius 3 is 2.22 bits per heavy atom. The van der Waals surface area contributed by atoms with E-state index in [-0.39, 0.29) is 12.1 Å². The smallest absolute Gasteiger partial charge is 0.317 e. The molecule has 1 heterocycles. The van der Waals surface area contributed by atoms with Crippen molar-refractivity contribution in [1.82, 2.24) is 15.1 Å². The molecule has 0 radical (unpaired) electrons. The molecule has 1 saturated heterocycles. The number of nitrogens with one attached hydrogen (secondary N) is 1. The Balaban J connectivity index is 2.33. The van der Waals surface area contributed by atoms with E-state index in [1.54, 1.807) is 0 Å². The summed E-state index contributed by atoms with van der Waals surface area (Å²) in [6.45, 7) is 11.3. The monoisotopic (exact) mass is 255 g/mol. The van der Waals surface area contributed by atoms with Crippen molar-refractivity contribution in [2.75, 3.05) is 32.7 Å². The molecule has 0 aromatic rings. The second-order valence-electron chi connectivity index (χ2n) is 5.24. The third-order valence-electron chi connectivity index (χ3n) is 3.69. The van der Waals surface area contributed by atoms with Crippen LogP contribution >= 0.6 is 0 Å². The Morgan fingerprint density at radius 1 is 1.17 bits per heavy atom. The Hall–Kier alpha value is -0.770. The molecule has 2 amide bonds. The Morgan fingerprint density at radius 2 is 1.72 bits per heavy atom. The van der Waals surface area contributed by atoms with E-state index in [0.717, 1.165) is 45.6 Å². The third kappa shape index (κ3) is 5.25. The second kappa shape index (κ2) is 8.35. The van der Waals surface area contributed by atoms with Crippen molar-refractivity contribution in [3.05, 3.63) is 0 Å². The van der Waals surface area contributed by atoms with Crippen molar-refractivity contribution >= 4 is 6.03 Å². The zero-order valence-corrected chi connectivity index (χ0v) is 12.2. The van der Waals surface area contributed by atoms with Crippen molar-refractivity contribution in [3.63, 3.8) is 0 Å². The van der Waals surface area contributed by atoms with Crippen LogP contribution in [-0.2, 0) is 0 Å². The fourth-order valence-corrected chi connectivity index (χ4v) is 2.49. The van der Waals surface area contributed by atoms with Crippen LogP contribution in [0.3, 0.4) is 0 Å². The molecule has 0 aliphatic carbocycles. The minimum Gasteiger partial charge on any atom is -0.334 e. The Labute approximate surface area is 112 Å². The van der Waals surface area contributed by atoms with Crippen LogP contribution in [0.25, 0.3) is 0 Å². The zero-order valence-electron chi connectivity index (χ0n) is 12.2. The van der Waals surface area contributed by atoms with E-state index >= 15 is 0 Å². The van der Waals surface area contributed by atoms with Gasteiger partial charge >= 0.3 is 6.03 Å². The molecule has 1 fully saturated rings. The molecule has 0 bridgehead atoms. The topological polar surface area (TPSA) is 35.6 Å². The van der Waals surface area contributed by atoms with E-state index in [1.165, 1.54) is 12.8 Å². The molecule has 1 aliphatic heterocycles. The van der Waals surface area contributed by atoms with Crippen LogP contribution < -0.4 is 5.32 Å². The van der Waals surface area contributed by atoms with Gasteiger partial charge in [0.1, 0.15) is 0 Å². The lowest BCUT2D eigenvalue weighted by atomic mass is 10.2. The number of rotatable bonds is 5. The van der Waals surface area contributed by atoms with Crippen LogP contribution in [0.5, 0.6) is 0 Å². The number of hydrogen-bond donors (Lipinski definition) is 1. The van der Waals surface area contributed by atoms with Gasteiger partial charge in [0.25, 0.3) is 0 Å². The molecular formula is C14H29N3O. The molecule has 106 valence electrons. The summed E-state index contributed by atoms with van der Waals surface area (Å²) < 4.78 is 0. The molecule has 1 N–H and O–H groups in total. The van der Waals surface area contributed by atoms with E-state index in [2.05, 4.69) is 31.0 Å². The van der Waals surface area contributed by atoms with Gasteiger partial charge in [0, 0.05) is 25.7 Å². The summed E-state index contributed by atoms with van der Waals surface area (Å²) in [5, 5.41) is 3.12. The molecule has 0 spiro atoms. The minimum absolute atomic E-state index is 0.122.